The predicted octanol–water partition coefficient (Wildman–Crippen LogP) is 4.44. The standard InChI is InChI=1S/C20H16F3N3O/c1-2-14-12-25(11-13-7-4-3-5-8-13)18(27)15-9-6-10-16-17(15)26(14)19(24-16)20(21,22)23/h2-10,14H,1,11-12H2/t14-/m1/s1. The second-order valence-electron chi connectivity index (χ2n) is 6.45. The molecule has 0 saturated carbocycles. The summed E-state index contributed by atoms with van der Waals surface area (Å²) in [7, 11) is 0. The molecule has 0 saturated heterocycles. The van der Waals surface area contributed by atoms with Gasteiger partial charge < -0.3 is 9.47 Å². The summed E-state index contributed by atoms with van der Waals surface area (Å²) in [6.07, 6.45) is -3.20. The maximum absolute atomic E-state index is 13.6. The summed E-state index contributed by atoms with van der Waals surface area (Å²) in [4.78, 5) is 18.4. The molecule has 0 radical (unpaired) electrons. The van der Waals surface area contributed by atoms with Gasteiger partial charge in [0.25, 0.3) is 5.91 Å². The molecule has 2 aromatic carbocycles. The lowest BCUT2D eigenvalue weighted by molar-refractivity contribution is -0.147. The summed E-state index contributed by atoms with van der Waals surface area (Å²) in [5, 5.41) is 0. The molecule has 0 unspecified atom stereocenters. The van der Waals surface area contributed by atoms with Crippen LogP contribution in [0.5, 0.6) is 0 Å². The van der Waals surface area contributed by atoms with E-state index >= 15 is 0 Å². The third-order valence-electron chi connectivity index (χ3n) is 4.71. The number of para-hydroxylation sites is 1. The van der Waals surface area contributed by atoms with Crippen molar-refractivity contribution in [3.05, 3.63) is 78.1 Å². The quantitative estimate of drug-likeness (QED) is 0.639. The zero-order chi connectivity index (χ0) is 19.2. The van der Waals surface area contributed by atoms with E-state index in [2.05, 4.69) is 11.6 Å². The predicted molar refractivity (Wildman–Crippen MR) is 95.2 cm³/mol. The van der Waals surface area contributed by atoms with Crippen molar-refractivity contribution in [3.63, 3.8) is 0 Å². The summed E-state index contributed by atoms with van der Waals surface area (Å²) in [5.41, 5.74) is 1.48. The van der Waals surface area contributed by atoms with Crippen LogP contribution in [-0.2, 0) is 12.7 Å². The molecular formula is C20H16F3N3O. The highest BCUT2D eigenvalue weighted by atomic mass is 19.4. The Morgan fingerprint density at radius 2 is 1.89 bits per heavy atom. The van der Waals surface area contributed by atoms with Gasteiger partial charge in [0.05, 0.1) is 22.6 Å². The molecule has 138 valence electrons. The van der Waals surface area contributed by atoms with Crippen LogP contribution < -0.4 is 0 Å². The Balaban J connectivity index is 1.89. The van der Waals surface area contributed by atoms with Crippen LogP contribution in [0, 0.1) is 0 Å². The Labute approximate surface area is 153 Å². The first-order valence-corrected chi connectivity index (χ1v) is 8.44. The Bertz CT molecular complexity index is 1020. The number of hydrogen-bond donors (Lipinski definition) is 0. The molecule has 2 heterocycles. The van der Waals surface area contributed by atoms with Crippen molar-refractivity contribution in [2.75, 3.05) is 6.54 Å². The zero-order valence-corrected chi connectivity index (χ0v) is 14.3. The lowest BCUT2D eigenvalue weighted by Gasteiger charge is -2.25. The number of carbonyl (C=O) groups excluding carboxylic acids is 1. The fraction of sp³-hybridized carbons (Fsp3) is 0.200. The fourth-order valence-electron chi connectivity index (χ4n) is 3.52. The minimum atomic E-state index is -4.63. The molecule has 1 amide bonds. The number of hydrogen-bond acceptors (Lipinski definition) is 2. The number of halogens is 3. The van der Waals surface area contributed by atoms with Gasteiger partial charge in [-0.3, -0.25) is 4.79 Å². The number of rotatable bonds is 3. The molecule has 27 heavy (non-hydrogen) atoms. The van der Waals surface area contributed by atoms with Crippen LogP contribution in [0.2, 0.25) is 0 Å². The first kappa shape index (κ1) is 17.3. The van der Waals surface area contributed by atoms with E-state index in [0.717, 1.165) is 10.1 Å². The van der Waals surface area contributed by atoms with Crippen molar-refractivity contribution in [2.45, 2.75) is 18.8 Å². The molecule has 3 aromatic rings. The van der Waals surface area contributed by atoms with Crippen LogP contribution in [-0.4, -0.2) is 26.9 Å². The highest BCUT2D eigenvalue weighted by molar-refractivity contribution is 6.05. The molecule has 1 aromatic heterocycles. The van der Waals surface area contributed by atoms with E-state index in [1.165, 1.54) is 12.1 Å². The maximum atomic E-state index is 13.6. The van der Waals surface area contributed by atoms with Crippen LogP contribution in [0.4, 0.5) is 13.2 Å². The highest BCUT2D eigenvalue weighted by Crippen LogP contribution is 2.37. The topological polar surface area (TPSA) is 38.1 Å². The van der Waals surface area contributed by atoms with Gasteiger partial charge in [-0.1, -0.05) is 42.5 Å². The average Bonchev–Trinajstić information content (AvgIpc) is 3.00. The summed E-state index contributed by atoms with van der Waals surface area (Å²) in [5.74, 6) is -1.33. The Hall–Kier alpha value is -3.09. The average molecular weight is 371 g/mol. The van der Waals surface area contributed by atoms with Crippen LogP contribution >= 0.6 is 0 Å². The second-order valence-corrected chi connectivity index (χ2v) is 6.45. The molecule has 4 rings (SSSR count). The summed E-state index contributed by atoms with van der Waals surface area (Å²) in [6.45, 7) is 4.09. The van der Waals surface area contributed by atoms with Crippen molar-refractivity contribution in [1.29, 1.82) is 0 Å². The Morgan fingerprint density at radius 1 is 1.15 bits per heavy atom. The molecule has 0 spiro atoms. The Morgan fingerprint density at radius 3 is 2.56 bits per heavy atom. The van der Waals surface area contributed by atoms with Gasteiger partial charge in [0.2, 0.25) is 5.82 Å². The molecular weight excluding hydrogens is 355 g/mol. The number of imidazole rings is 1. The van der Waals surface area contributed by atoms with Crippen LogP contribution in [0.25, 0.3) is 11.0 Å². The van der Waals surface area contributed by atoms with Crippen molar-refractivity contribution < 1.29 is 18.0 Å². The van der Waals surface area contributed by atoms with Gasteiger partial charge in [0.1, 0.15) is 0 Å². The van der Waals surface area contributed by atoms with E-state index in [1.807, 2.05) is 30.3 Å². The van der Waals surface area contributed by atoms with Crippen molar-refractivity contribution >= 4 is 16.9 Å². The monoisotopic (exact) mass is 371 g/mol. The van der Waals surface area contributed by atoms with E-state index in [9.17, 15) is 18.0 Å². The van der Waals surface area contributed by atoms with Crippen LogP contribution in [0.3, 0.4) is 0 Å². The first-order chi connectivity index (χ1) is 12.9. The number of benzene rings is 2. The van der Waals surface area contributed by atoms with Gasteiger partial charge in [-0.25, -0.2) is 4.98 Å². The van der Waals surface area contributed by atoms with Gasteiger partial charge in [-0.15, -0.1) is 6.58 Å². The first-order valence-electron chi connectivity index (χ1n) is 8.44. The van der Waals surface area contributed by atoms with Gasteiger partial charge in [-0.2, -0.15) is 13.2 Å². The van der Waals surface area contributed by atoms with Crippen LogP contribution in [0.1, 0.15) is 27.8 Å². The molecule has 7 heteroatoms. The van der Waals surface area contributed by atoms with Gasteiger partial charge in [0.15, 0.2) is 0 Å². The minimum Gasteiger partial charge on any atom is -0.332 e. The maximum Gasteiger partial charge on any atom is 0.449 e. The molecule has 0 fully saturated rings. The van der Waals surface area contributed by atoms with E-state index in [0.29, 0.717) is 6.54 Å². The van der Waals surface area contributed by atoms with Gasteiger partial charge in [0, 0.05) is 13.1 Å². The molecule has 1 aliphatic heterocycles. The van der Waals surface area contributed by atoms with Crippen molar-refractivity contribution in [1.82, 2.24) is 14.5 Å². The molecule has 0 aliphatic carbocycles. The number of nitrogens with zero attached hydrogens (tertiary/aromatic N) is 3. The number of carbonyl (C=O) groups is 1. The third-order valence-corrected chi connectivity index (χ3v) is 4.71. The fourth-order valence-corrected chi connectivity index (χ4v) is 3.52. The summed E-state index contributed by atoms with van der Waals surface area (Å²) in [6, 6.07) is 13.2. The largest absolute Gasteiger partial charge is 0.449 e. The highest BCUT2D eigenvalue weighted by Gasteiger charge is 2.41. The number of alkyl halides is 3. The van der Waals surface area contributed by atoms with E-state index in [1.54, 1.807) is 17.0 Å². The second kappa shape index (κ2) is 6.26. The van der Waals surface area contributed by atoms with Crippen molar-refractivity contribution in [2.24, 2.45) is 0 Å². The smallest absolute Gasteiger partial charge is 0.332 e. The normalized spacial score (nSPS) is 17.2. The van der Waals surface area contributed by atoms with Crippen LogP contribution in [0.15, 0.2) is 61.2 Å². The lowest BCUT2D eigenvalue weighted by atomic mass is 10.1. The third kappa shape index (κ3) is 2.89. The van der Waals surface area contributed by atoms with E-state index in [4.69, 9.17) is 0 Å². The molecule has 1 atom stereocenters. The molecule has 0 bridgehead atoms. The van der Waals surface area contributed by atoms with Gasteiger partial charge in [-0.05, 0) is 17.7 Å². The molecule has 4 nitrogen and oxygen atoms in total. The van der Waals surface area contributed by atoms with E-state index in [-0.39, 0.29) is 29.0 Å². The molecule has 0 N–H and O–H groups in total. The molecule has 1 aliphatic rings. The van der Waals surface area contributed by atoms with Gasteiger partial charge >= 0.3 is 6.18 Å². The van der Waals surface area contributed by atoms with E-state index < -0.39 is 18.0 Å². The minimum absolute atomic E-state index is 0.0838. The number of amides is 1. The zero-order valence-electron chi connectivity index (χ0n) is 14.3. The SMILES string of the molecule is C=C[C@@H]1CN(Cc2ccccc2)C(=O)c2cccc3nc(C(F)(F)F)n1c23. The van der Waals surface area contributed by atoms with Crippen molar-refractivity contribution in [3.8, 4) is 0 Å². The lowest BCUT2D eigenvalue weighted by Crippen LogP contribution is -2.33. The summed E-state index contributed by atoms with van der Waals surface area (Å²) < 4.78 is 41.9. The number of aromatic nitrogens is 2. The summed E-state index contributed by atoms with van der Waals surface area (Å²) >= 11 is 0. The Kier molecular flexibility index (Phi) is 4.02.